The Bertz CT molecular complexity index is 1510. The molecule has 3 heterocycles. The fourth-order valence-electron chi connectivity index (χ4n) is 7.17. The molecular formula is C40H57N5O9. The van der Waals surface area contributed by atoms with Crippen LogP contribution in [0.15, 0.2) is 54.6 Å². The van der Waals surface area contributed by atoms with Crippen LogP contribution in [0.4, 0.5) is 9.59 Å². The largest absolute Gasteiger partial charge is 0.492 e. The normalized spacial score (nSPS) is 19.6. The lowest BCUT2D eigenvalue weighted by Crippen LogP contribution is -2.62. The third-order valence-corrected chi connectivity index (χ3v) is 9.71. The highest BCUT2D eigenvalue weighted by Gasteiger charge is 2.39. The number of likely N-dealkylation sites (tertiary alicyclic amines) is 2. The van der Waals surface area contributed by atoms with Gasteiger partial charge >= 0.3 is 12.1 Å². The Hall–Kier alpha value is -4.40. The molecule has 5 rings (SSSR count). The first kappa shape index (κ1) is 40.8. The van der Waals surface area contributed by atoms with Gasteiger partial charge in [-0.3, -0.25) is 9.59 Å². The molecule has 0 spiro atoms. The van der Waals surface area contributed by atoms with Crippen molar-refractivity contribution in [2.45, 2.75) is 70.1 Å². The maximum Gasteiger partial charge on any atom is 0.407 e. The lowest BCUT2D eigenvalue weighted by molar-refractivity contribution is -0.139. The summed E-state index contributed by atoms with van der Waals surface area (Å²) in [6.07, 6.45) is 2.18. The van der Waals surface area contributed by atoms with Crippen LogP contribution in [-0.4, -0.2) is 130 Å². The number of carbonyl (C=O) groups excluding carboxylic acids is 4. The van der Waals surface area contributed by atoms with Gasteiger partial charge in [0.15, 0.2) is 0 Å². The summed E-state index contributed by atoms with van der Waals surface area (Å²) in [5.74, 6) is 0.958. The SMILES string of the molecule is CC(C)(C)OC(=O)NCCOCCOCCC(=O)NCCOc1cccc([C@@H](c2ccccc2)C2CCN(C(=O)N3CCC4OCC(=O)N[C@@H]4C3)CC2)c1. The maximum atomic E-state index is 13.5. The number of hydrogen-bond donors (Lipinski definition) is 3. The Morgan fingerprint density at radius 1 is 0.852 bits per heavy atom. The third-order valence-electron chi connectivity index (χ3n) is 9.71. The molecule has 3 atom stereocenters. The molecule has 3 saturated heterocycles. The molecule has 3 fully saturated rings. The molecule has 0 saturated carbocycles. The average molecular weight is 752 g/mol. The number of ether oxygens (including phenoxy) is 5. The summed E-state index contributed by atoms with van der Waals surface area (Å²) in [6.45, 7) is 10.3. The lowest BCUT2D eigenvalue weighted by atomic mass is 9.76. The fourth-order valence-corrected chi connectivity index (χ4v) is 7.17. The molecule has 2 aromatic carbocycles. The zero-order valence-electron chi connectivity index (χ0n) is 31.9. The molecule has 3 aliphatic heterocycles. The quantitative estimate of drug-likeness (QED) is 0.218. The first-order valence-electron chi connectivity index (χ1n) is 19.2. The van der Waals surface area contributed by atoms with Gasteiger partial charge in [-0.15, -0.1) is 0 Å². The second-order valence-corrected chi connectivity index (χ2v) is 14.9. The number of amides is 5. The predicted octanol–water partition coefficient (Wildman–Crippen LogP) is 3.68. The Morgan fingerprint density at radius 3 is 2.31 bits per heavy atom. The molecule has 3 aliphatic rings. The number of alkyl carbamates (subject to hydrolysis) is 1. The van der Waals surface area contributed by atoms with Gasteiger partial charge in [0.1, 0.15) is 24.6 Å². The van der Waals surface area contributed by atoms with Crippen LogP contribution in [0.25, 0.3) is 0 Å². The summed E-state index contributed by atoms with van der Waals surface area (Å²) >= 11 is 0. The Balaban J connectivity index is 1.01. The van der Waals surface area contributed by atoms with E-state index in [0.717, 1.165) is 30.6 Å². The molecule has 14 nitrogen and oxygen atoms in total. The molecule has 296 valence electrons. The van der Waals surface area contributed by atoms with Gasteiger partial charge in [0.05, 0.1) is 45.1 Å². The van der Waals surface area contributed by atoms with Crippen LogP contribution in [0, 0.1) is 5.92 Å². The topological polar surface area (TPSA) is 157 Å². The molecule has 5 amide bonds. The fraction of sp³-hybridized carbons (Fsp3) is 0.600. The standard InChI is InChI=1S/C40H57N5O9/c1-40(2,3)54-38(48)42-16-22-51-25-24-50-21-15-35(46)41-17-23-52-32-11-7-10-31(26-32)37(29-8-5-4-6-9-29)30-12-18-44(19-13-30)39(49)45-20-14-34-33(27-45)43-36(47)28-53-34/h4-11,26,30,33-34,37H,12-25,27-28H2,1-3H3,(H,41,46)(H,42,48)(H,43,47)/t33-,34?,37+/m1/s1. The highest BCUT2D eigenvalue weighted by molar-refractivity contribution is 5.79. The number of urea groups is 1. The Morgan fingerprint density at radius 2 is 1.56 bits per heavy atom. The molecular weight excluding hydrogens is 694 g/mol. The van der Waals surface area contributed by atoms with Crippen molar-refractivity contribution < 1.29 is 42.9 Å². The molecule has 1 unspecified atom stereocenters. The molecule has 14 heteroatoms. The van der Waals surface area contributed by atoms with Gasteiger partial charge in [-0.05, 0) is 69.2 Å². The van der Waals surface area contributed by atoms with E-state index in [-0.39, 0.29) is 55.5 Å². The highest BCUT2D eigenvalue weighted by Crippen LogP contribution is 2.39. The Labute approximate surface area is 318 Å². The molecule has 0 bridgehead atoms. The summed E-state index contributed by atoms with van der Waals surface area (Å²) < 4.78 is 27.8. The minimum Gasteiger partial charge on any atom is -0.492 e. The van der Waals surface area contributed by atoms with E-state index in [4.69, 9.17) is 23.7 Å². The summed E-state index contributed by atoms with van der Waals surface area (Å²) in [5, 5.41) is 8.49. The number of nitrogens with zero attached hydrogens (tertiary/aromatic N) is 2. The molecule has 3 N–H and O–H groups in total. The number of rotatable bonds is 16. The third kappa shape index (κ3) is 12.9. The Kier molecular flexibility index (Phi) is 15.4. The van der Waals surface area contributed by atoms with Gasteiger partial charge in [-0.2, -0.15) is 0 Å². The van der Waals surface area contributed by atoms with Crippen LogP contribution in [0.1, 0.15) is 63.5 Å². The zero-order chi connectivity index (χ0) is 38.3. The molecule has 2 aromatic rings. The van der Waals surface area contributed by atoms with Crippen LogP contribution >= 0.6 is 0 Å². The molecule has 0 radical (unpaired) electrons. The van der Waals surface area contributed by atoms with Gasteiger partial charge in [0, 0.05) is 45.1 Å². The van der Waals surface area contributed by atoms with Crippen molar-refractivity contribution >= 4 is 23.9 Å². The smallest absolute Gasteiger partial charge is 0.407 e. The van der Waals surface area contributed by atoms with Crippen LogP contribution in [0.3, 0.4) is 0 Å². The number of carbonyl (C=O) groups is 4. The number of nitrogens with one attached hydrogen (secondary N) is 3. The minimum atomic E-state index is -0.545. The van der Waals surface area contributed by atoms with Crippen molar-refractivity contribution in [1.29, 1.82) is 0 Å². The highest BCUT2D eigenvalue weighted by atomic mass is 16.6. The van der Waals surface area contributed by atoms with Gasteiger partial charge < -0.3 is 49.4 Å². The van der Waals surface area contributed by atoms with E-state index in [0.29, 0.717) is 71.6 Å². The van der Waals surface area contributed by atoms with Crippen molar-refractivity contribution in [3.05, 3.63) is 65.7 Å². The lowest BCUT2D eigenvalue weighted by Gasteiger charge is -2.44. The van der Waals surface area contributed by atoms with E-state index in [1.54, 1.807) is 20.8 Å². The van der Waals surface area contributed by atoms with E-state index in [1.165, 1.54) is 5.56 Å². The van der Waals surface area contributed by atoms with Crippen molar-refractivity contribution in [3.8, 4) is 5.75 Å². The number of hydrogen-bond acceptors (Lipinski definition) is 9. The maximum absolute atomic E-state index is 13.5. The van der Waals surface area contributed by atoms with Crippen molar-refractivity contribution in [3.63, 3.8) is 0 Å². The van der Waals surface area contributed by atoms with Crippen LogP contribution in [0.2, 0.25) is 0 Å². The average Bonchev–Trinajstić information content (AvgIpc) is 3.15. The first-order valence-corrected chi connectivity index (χ1v) is 19.2. The number of benzene rings is 2. The van der Waals surface area contributed by atoms with Crippen molar-refractivity contribution in [2.75, 3.05) is 78.9 Å². The minimum absolute atomic E-state index is 0.0275. The van der Waals surface area contributed by atoms with Gasteiger partial charge in [0.25, 0.3) is 0 Å². The van der Waals surface area contributed by atoms with Gasteiger partial charge in [-0.1, -0.05) is 42.5 Å². The summed E-state index contributed by atoms with van der Waals surface area (Å²) in [6, 6.07) is 18.5. The molecule has 54 heavy (non-hydrogen) atoms. The molecule has 0 aliphatic carbocycles. The van der Waals surface area contributed by atoms with Crippen LogP contribution in [0.5, 0.6) is 5.75 Å². The van der Waals surface area contributed by atoms with E-state index >= 15 is 0 Å². The monoisotopic (exact) mass is 751 g/mol. The van der Waals surface area contributed by atoms with Gasteiger partial charge in [-0.25, -0.2) is 9.59 Å². The van der Waals surface area contributed by atoms with E-state index in [1.807, 2.05) is 28.0 Å². The zero-order valence-corrected chi connectivity index (χ0v) is 31.9. The van der Waals surface area contributed by atoms with E-state index in [2.05, 4.69) is 52.3 Å². The number of fused-ring (bicyclic) bond motifs is 1. The van der Waals surface area contributed by atoms with E-state index in [9.17, 15) is 19.2 Å². The molecule has 0 aromatic heterocycles. The summed E-state index contributed by atoms with van der Waals surface area (Å²) in [7, 11) is 0. The predicted molar refractivity (Wildman–Crippen MR) is 201 cm³/mol. The van der Waals surface area contributed by atoms with Crippen molar-refractivity contribution in [2.24, 2.45) is 5.92 Å². The number of piperidine rings is 2. The van der Waals surface area contributed by atoms with E-state index < -0.39 is 11.7 Å². The van der Waals surface area contributed by atoms with Crippen LogP contribution in [-0.2, 0) is 28.5 Å². The van der Waals surface area contributed by atoms with Gasteiger partial charge in [0.2, 0.25) is 11.8 Å². The second-order valence-electron chi connectivity index (χ2n) is 14.9. The second kappa shape index (κ2) is 20.3. The van der Waals surface area contributed by atoms with Crippen molar-refractivity contribution in [1.82, 2.24) is 25.8 Å². The van der Waals surface area contributed by atoms with Crippen LogP contribution < -0.4 is 20.7 Å². The summed E-state index contributed by atoms with van der Waals surface area (Å²) in [4.78, 5) is 53.1. The summed E-state index contributed by atoms with van der Waals surface area (Å²) in [5.41, 5.74) is 1.84. The number of morpholine rings is 1. The first-order chi connectivity index (χ1) is 26.1.